The van der Waals surface area contributed by atoms with Gasteiger partial charge in [-0.2, -0.15) is 5.26 Å². The van der Waals surface area contributed by atoms with Crippen LogP contribution in [0.15, 0.2) is 54.2 Å². The van der Waals surface area contributed by atoms with Crippen molar-refractivity contribution in [1.29, 1.82) is 5.26 Å². The van der Waals surface area contributed by atoms with E-state index in [9.17, 15) is 9.59 Å². The average molecular weight is 346 g/mol. The Hall–Kier alpha value is -3.59. The van der Waals surface area contributed by atoms with Gasteiger partial charge in [-0.05, 0) is 61.4 Å². The molecule has 1 aliphatic rings. The SMILES string of the molecule is Cc1ccc(C)c(N2NC(C(=O)Nc3ccc(C#N)cc3)=CCC2=O)c1. The van der Waals surface area contributed by atoms with Gasteiger partial charge in [-0.1, -0.05) is 12.1 Å². The zero-order valence-electron chi connectivity index (χ0n) is 14.5. The minimum Gasteiger partial charge on any atom is -0.321 e. The Labute approximate surface area is 151 Å². The van der Waals surface area contributed by atoms with Gasteiger partial charge in [0.1, 0.15) is 5.70 Å². The van der Waals surface area contributed by atoms with Gasteiger partial charge in [-0.3, -0.25) is 15.0 Å². The highest BCUT2D eigenvalue weighted by Gasteiger charge is 2.25. The van der Waals surface area contributed by atoms with Crippen molar-refractivity contribution in [2.24, 2.45) is 0 Å². The third-order valence-corrected chi connectivity index (χ3v) is 4.08. The standard InChI is InChI=1S/C20H18N4O2/c1-13-3-4-14(2)18(11-13)24-19(25)10-9-17(23-24)20(26)22-16-7-5-15(12-21)6-8-16/h3-9,11,23H,10H2,1-2H3,(H,22,26). The van der Waals surface area contributed by atoms with Crippen LogP contribution in [0.3, 0.4) is 0 Å². The minimum absolute atomic E-state index is 0.131. The molecule has 0 radical (unpaired) electrons. The zero-order valence-corrected chi connectivity index (χ0v) is 14.5. The lowest BCUT2D eigenvalue weighted by atomic mass is 10.1. The first-order valence-electron chi connectivity index (χ1n) is 8.16. The van der Waals surface area contributed by atoms with Gasteiger partial charge in [0, 0.05) is 12.1 Å². The summed E-state index contributed by atoms with van der Waals surface area (Å²) in [5.41, 5.74) is 7.00. The number of nitrogens with one attached hydrogen (secondary N) is 2. The van der Waals surface area contributed by atoms with Crippen LogP contribution in [0, 0.1) is 25.2 Å². The predicted octanol–water partition coefficient (Wildman–Crippen LogP) is 2.94. The normalized spacial score (nSPS) is 13.5. The summed E-state index contributed by atoms with van der Waals surface area (Å²) in [4.78, 5) is 24.8. The molecule has 0 atom stereocenters. The van der Waals surface area contributed by atoms with E-state index in [1.165, 1.54) is 5.01 Å². The fourth-order valence-electron chi connectivity index (χ4n) is 2.63. The van der Waals surface area contributed by atoms with Crippen LogP contribution in [0.5, 0.6) is 0 Å². The van der Waals surface area contributed by atoms with E-state index < -0.39 is 0 Å². The van der Waals surface area contributed by atoms with E-state index in [0.717, 1.165) is 16.8 Å². The van der Waals surface area contributed by atoms with Crippen LogP contribution >= 0.6 is 0 Å². The highest BCUT2D eigenvalue weighted by molar-refractivity contribution is 6.07. The first kappa shape index (κ1) is 17.2. The molecule has 1 heterocycles. The fourth-order valence-corrected chi connectivity index (χ4v) is 2.63. The van der Waals surface area contributed by atoms with Crippen LogP contribution in [0.1, 0.15) is 23.1 Å². The molecule has 2 amide bonds. The van der Waals surface area contributed by atoms with Crippen molar-refractivity contribution in [3.63, 3.8) is 0 Å². The molecule has 0 saturated heterocycles. The van der Waals surface area contributed by atoms with Crippen LogP contribution < -0.4 is 15.8 Å². The topological polar surface area (TPSA) is 85.2 Å². The number of hydrazine groups is 1. The molecule has 26 heavy (non-hydrogen) atoms. The molecule has 0 fully saturated rings. The lowest BCUT2D eigenvalue weighted by Crippen LogP contribution is -2.48. The van der Waals surface area contributed by atoms with Crippen LogP contribution in [0.4, 0.5) is 11.4 Å². The number of amides is 2. The second-order valence-corrected chi connectivity index (χ2v) is 6.10. The van der Waals surface area contributed by atoms with Gasteiger partial charge in [0.05, 0.1) is 17.3 Å². The van der Waals surface area contributed by atoms with Gasteiger partial charge < -0.3 is 5.32 Å². The van der Waals surface area contributed by atoms with E-state index in [-0.39, 0.29) is 18.2 Å². The summed E-state index contributed by atoms with van der Waals surface area (Å²) in [5, 5.41) is 13.0. The predicted molar refractivity (Wildman–Crippen MR) is 99.0 cm³/mol. The maximum Gasteiger partial charge on any atom is 0.273 e. The summed E-state index contributed by atoms with van der Waals surface area (Å²) < 4.78 is 0. The molecule has 2 aromatic rings. The Morgan fingerprint density at radius 2 is 1.92 bits per heavy atom. The number of nitriles is 1. The molecular formula is C20H18N4O2. The zero-order chi connectivity index (χ0) is 18.7. The molecule has 2 N–H and O–H groups in total. The molecule has 6 heteroatoms. The highest BCUT2D eigenvalue weighted by atomic mass is 16.2. The maximum absolute atomic E-state index is 12.5. The second kappa shape index (κ2) is 7.11. The number of hydrogen-bond donors (Lipinski definition) is 2. The number of nitrogens with zero attached hydrogens (tertiary/aromatic N) is 2. The molecule has 0 saturated carbocycles. The number of anilines is 2. The molecule has 0 aromatic heterocycles. The molecule has 0 aliphatic carbocycles. The van der Waals surface area contributed by atoms with Crippen LogP contribution in [0.25, 0.3) is 0 Å². The molecule has 1 aliphatic heterocycles. The van der Waals surface area contributed by atoms with E-state index in [4.69, 9.17) is 5.26 Å². The van der Waals surface area contributed by atoms with Gasteiger partial charge in [-0.15, -0.1) is 0 Å². The summed E-state index contributed by atoms with van der Waals surface area (Å²) in [7, 11) is 0. The molecular weight excluding hydrogens is 328 g/mol. The number of aryl methyl sites for hydroxylation is 2. The number of carbonyl (C=O) groups is 2. The second-order valence-electron chi connectivity index (χ2n) is 6.10. The Bertz CT molecular complexity index is 939. The van der Waals surface area contributed by atoms with Crippen molar-refractivity contribution in [2.75, 3.05) is 10.3 Å². The fraction of sp³-hybridized carbons (Fsp3) is 0.150. The summed E-state index contributed by atoms with van der Waals surface area (Å²) >= 11 is 0. The largest absolute Gasteiger partial charge is 0.321 e. The quantitative estimate of drug-likeness (QED) is 0.895. The van der Waals surface area contributed by atoms with E-state index in [1.54, 1.807) is 30.3 Å². The van der Waals surface area contributed by atoms with E-state index in [0.29, 0.717) is 16.9 Å². The number of rotatable bonds is 3. The average Bonchev–Trinajstić information content (AvgIpc) is 2.65. The van der Waals surface area contributed by atoms with Gasteiger partial charge >= 0.3 is 0 Å². The molecule has 6 nitrogen and oxygen atoms in total. The van der Waals surface area contributed by atoms with Gasteiger partial charge in [0.2, 0.25) is 5.91 Å². The lowest BCUT2D eigenvalue weighted by molar-refractivity contribution is -0.119. The smallest absolute Gasteiger partial charge is 0.273 e. The summed E-state index contributed by atoms with van der Waals surface area (Å²) in [5.74, 6) is -0.480. The van der Waals surface area contributed by atoms with Crippen molar-refractivity contribution in [2.45, 2.75) is 20.3 Å². The Balaban J connectivity index is 1.78. The van der Waals surface area contributed by atoms with Crippen LogP contribution in [-0.4, -0.2) is 11.8 Å². The van der Waals surface area contributed by atoms with Crippen molar-refractivity contribution >= 4 is 23.2 Å². The summed E-state index contributed by atoms with van der Waals surface area (Å²) in [6, 6.07) is 14.4. The molecule has 130 valence electrons. The van der Waals surface area contributed by atoms with Gasteiger partial charge in [0.25, 0.3) is 5.91 Å². The number of hydrogen-bond acceptors (Lipinski definition) is 4. The van der Waals surface area contributed by atoms with E-state index in [1.807, 2.05) is 38.1 Å². The van der Waals surface area contributed by atoms with Gasteiger partial charge in [0.15, 0.2) is 0 Å². The highest BCUT2D eigenvalue weighted by Crippen LogP contribution is 2.23. The molecule has 0 unspecified atom stereocenters. The first-order valence-corrected chi connectivity index (χ1v) is 8.16. The monoisotopic (exact) mass is 346 g/mol. The van der Waals surface area contributed by atoms with E-state index in [2.05, 4.69) is 10.7 Å². The third kappa shape index (κ3) is 3.57. The third-order valence-electron chi connectivity index (χ3n) is 4.08. The van der Waals surface area contributed by atoms with Crippen LogP contribution in [-0.2, 0) is 9.59 Å². The Kier molecular flexibility index (Phi) is 4.72. The molecule has 0 bridgehead atoms. The van der Waals surface area contributed by atoms with Crippen LogP contribution in [0.2, 0.25) is 0 Å². The number of benzene rings is 2. The number of carbonyl (C=O) groups excluding carboxylic acids is 2. The van der Waals surface area contributed by atoms with E-state index >= 15 is 0 Å². The first-order chi connectivity index (χ1) is 12.5. The summed E-state index contributed by atoms with van der Waals surface area (Å²) in [6.45, 7) is 3.87. The maximum atomic E-state index is 12.5. The van der Waals surface area contributed by atoms with Crippen molar-refractivity contribution in [3.8, 4) is 6.07 Å². The van der Waals surface area contributed by atoms with Crippen molar-refractivity contribution in [3.05, 3.63) is 70.9 Å². The molecule has 3 rings (SSSR count). The molecule has 0 spiro atoms. The van der Waals surface area contributed by atoms with Crippen molar-refractivity contribution in [1.82, 2.24) is 5.43 Å². The Morgan fingerprint density at radius 1 is 1.19 bits per heavy atom. The minimum atomic E-state index is -0.350. The van der Waals surface area contributed by atoms with Crippen molar-refractivity contribution < 1.29 is 9.59 Å². The van der Waals surface area contributed by atoms with Gasteiger partial charge in [-0.25, -0.2) is 5.01 Å². The summed E-state index contributed by atoms with van der Waals surface area (Å²) in [6.07, 6.45) is 1.71. The lowest BCUT2D eigenvalue weighted by Gasteiger charge is -2.30. The Morgan fingerprint density at radius 3 is 2.62 bits per heavy atom. The molecule has 2 aromatic carbocycles.